The molecule has 0 spiro atoms. The lowest BCUT2D eigenvalue weighted by Crippen LogP contribution is -2.38. The van der Waals surface area contributed by atoms with Crippen LogP contribution in [0.15, 0.2) is 78.9 Å². The molecule has 0 aliphatic carbocycles. The second kappa shape index (κ2) is 9.59. The maximum absolute atomic E-state index is 13.0. The molecule has 1 heterocycles. The van der Waals surface area contributed by atoms with Crippen molar-refractivity contribution in [2.45, 2.75) is 12.8 Å². The topological polar surface area (TPSA) is 84.8 Å². The minimum Gasteiger partial charge on any atom is -0.342 e. The number of imidazole rings is 1. The second-order valence-electron chi connectivity index (χ2n) is 7.29. The van der Waals surface area contributed by atoms with Crippen molar-refractivity contribution in [3.63, 3.8) is 0 Å². The number of anilines is 1. The van der Waals surface area contributed by atoms with Crippen LogP contribution in [-0.4, -0.2) is 34.0 Å². The van der Waals surface area contributed by atoms with E-state index in [2.05, 4.69) is 33.5 Å². The molecule has 2 amide bonds. The Labute approximate surface area is 181 Å². The van der Waals surface area contributed by atoms with E-state index in [1.165, 1.54) is 5.56 Å². The number of nitriles is 1. The van der Waals surface area contributed by atoms with Gasteiger partial charge in [-0.3, -0.25) is 0 Å². The van der Waals surface area contributed by atoms with Gasteiger partial charge in [-0.1, -0.05) is 42.5 Å². The summed E-state index contributed by atoms with van der Waals surface area (Å²) < 4.78 is 0. The van der Waals surface area contributed by atoms with Gasteiger partial charge in [0.2, 0.25) is 0 Å². The maximum Gasteiger partial charge on any atom is 0.321 e. The third kappa shape index (κ3) is 5.28. The first-order chi connectivity index (χ1) is 15.2. The van der Waals surface area contributed by atoms with Crippen molar-refractivity contribution in [1.82, 2.24) is 14.9 Å². The molecule has 1 aromatic heterocycles. The molecular weight excluding hydrogens is 386 g/mol. The van der Waals surface area contributed by atoms with Gasteiger partial charge in [-0.2, -0.15) is 5.26 Å². The van der Waals surface area contributed by atoms with Gasteiger partial charge >= 0.3 is 6.03 Å². The Hall–Kier alpha value is -4.11. The number of H-pyrrole nitrogens is 1. The molecule has 3 aromatic carbocycles. The van der Waals surface area contributed by atoms with Crippen LogP contribution in [0.25, 0.3) is 11.0 Å². The van der Waals surface area contributed by atoms with Gasteiger partial charge in [0.1, 0.15) is 5.82 Å². The average molecular weight is 409 g/mol. The molecule has 0 fully saturated rings. The first kappa shape index (κ1) is 20.2. The van der Waals surface area contributed by atoms with Crippen LogP contribution >= 0.6 is 0 Å². The Bertz CT molecular complexity index is 1160. The zero-order valence-corrected chi connectivity index (χ0v) is 17.1. The lowest BCUT2D eigenvalue weighted by molar-refractivity contribution is 0.212. The van der Waals surface area contributed by atoms with Crippen LogP contribution in [0.4, 0.5) is 10.5 Å². The molecule has 0 atom stereocenters. The van der Waals surface area contributed by atoms with Crippen LogP contribution in [0.2, 0.25) is 0 Å². The summed E-state index contributed by atoms with van der Waals surface area (Å²) in [5.74, 6) is 0.858. The smallest absolute Gasteiger partial charge is 0.321 e. The number of benzene rings is 3. The van der Waals surface area contributed by atoms with Gasteiger partial charge in [0.25, 0.3) is 0 Å². The van der Waals surface area contributed by atoms with E-state index in [0.717, 1.165) is 23.3 Å². The van der Waals surface area contributed by atoms with Crippen LogP contribution < -0.4 is 5.32 Å². The molecule has 0 radical (unpaired) electrons. The Morgan fingerprint density at radius 3 is 2.39 bits per heavy atom. The highest BCUT2D eigenvalue weighted by Gasteiger charge is 2.15. The SMILES string of the molecule is N#Cc1ccc(NC(=O)N(CCc2ccccc2)CCc2nc3ccccc3[nH]2)cc1. The van der Waals surface area contributed by atoms with Gasteiger partial charge in [-0.15, -0.1) is 0 Å². The Morgan fingerprint density at radius 2 is 1.65 bits per heavy atom. The van der Waals surface area contributed by atoms with Crippen molar-refractivity contribution in [1.29, 1.82) is 5.26 Å². The number of aromatic amines is 1. The summed E-state index contributed by atoms with van der Waals surface area (Å²) in [5, 5.41) is 11.9. The van der Waals surface area contributed by atoms with Gasteiger partial charge in [0.05, 0.1) is 22.7 Å². The van der Waals surface area contributed by atoms with E-state index in [1.54, 1.807) is 29.2 Å². The minimum absolute atomic E-state index is 0.170. The number of carbonyl (C=O) groups excluding carboxylic acids is 1. The third-order valence-corrected chi connectivity index (χ3v) is 5.12. The molecule has 0 unspecified atom stereocenters. The van der Waals surface area contributed by atoms with Crippen LogP contribution in [0.1, 0.15) is 17.0 Å². The number of urea groups is 1. The number of carbonyl (C=O) groups is 1. The highest BCUT2D eigenvalue weighted by Crippen LogP contribution is 2.13. The molecule has 0 saturated heterocycles. The number of para-hydroxylation sites is 2. The van der Waals surface area contributed by atoms with Crippen molar-refractivity contribution in [2.75, 3.05) is 18.4 Å². The molecule has 0 saturated carbocycles. The fourth-order valence-corrected chi connectivity index (χ4v) is 3.42. The standard InChI is InChI=1S/C25H23N5O/c26-18-20-10-12-21(13-11-20)27-25(31)30(16-14-19-6-2-1-3-7-19)17-15-24-28-22-8-4-5-9-23(22)29-24/h1-13H,14-17H2,(H,27,31)(H,28,29). The first-order valence-corrected chi connectivity index (χ1v) is 10.2. The van der Waals surface area contributed by atoms with Crippen molar-refractivity contribution in [2.24, 2.45) is 0 Å². The first-order valence-electron chi connectivity index (χ1n) is 10.2. The lowest BCUT2D eigenvalue weighted by Gasteiger charge is -2.23. The number of aromatic nitrogens is 2. The molecule has 0 bridgehead atoms. The number of hydrogen-bond donors (Lipinski definition) is 2. The van der Waals surface area contributed by atoms with E-state index < -0.39 is 0 Å². The molecule has 154 valence electrons. The summed E-state index contributed by atoms with van der Waals surface area (Å²) in [7, 11) is 0. The van der Waals surface area contributed by atoms with Gasteiger partial charge < -0.3 is 15.2 Å². The average Bonchev–Trinajstić information content (AvgIpc) is 3.23. The molecule has 31 heavy (non-hydrogen) atoms. The fourth-order valence-electron chi connectivity index (χ4n) is 3.42. The predicted molar refractivity (Wildman–Crippen MR) is 122 cm³/mol. The van der Waals surface area contributed by atoms with E-state index in [1.807, 2.05) is 42.5 Å². The van der Waals surface area contributed by atoms with Crippen LogP contribution in [-0.2, 0) is 12.8 Å². The van der Waals surface area contributed by atoms with Crippen molar-refractivity contribution in [3.8, 4) is 6.07 Å². The number of hydrogen-bond acceptors (Lipinski definition) is 3. The zero-order valence-electron chi connectivity index (χ0n) is 17.1. The van der Waals surface area contributed by atoms with Crippen LogP contribution in [0.5, 0.6) is 0 Å². The van der Waals surface area contributed by atoms with Gasteiger partial charge in [0, 0.05) is 25.2 Å². The molecule has 0 aliphatic heterocycles. The van der Waals surface area contributed by atoms with Crippen molar-refractivity contribution >= 4 is 22.8 Å². The normalized spacial score (nSPS) is 10.5. The number of fused-ring (bicyclic) bond motifs is 1. The van der Waals surface area contributed by atoms with Gasteiger partial charge in [0.15, 0.2) is 0 Å². The Kier molecular flexibility index (Phi) is 6.24. The summed E-state index contributed by atoms with van der Waals surface area (Å²) in [6.07, 6.45) is 1.39. The molecule has 4 aromatic rings. The number of rotatable bonds is 7. The summed E-state index contributed by atoms with van der Waals surface area (Å²) in [6, 6.07) is 26.8. The number of nitrogens with one attached hydrogen (secondary N) is 2. The Balaban J connectivity index is 1.45. The highest BCUT2D eigenvalue weighted by atomic mass is 16.2. The van der Waals surface area contributed by atoms with Gasteiger partial charge in [-0.05, 0) is 48.4 Å². The molecule has 4 rings (SSSR count). The summed E-state index contributed by atoms with van der Waals surface area (Å²) in [5.41, 5.74) is 4.33. The van der Waals surface area contributed by atoms with E-state index in [9.17, 15) is 4.79 Å². The molecule has 0 aliphatic rings. The number of nitrogens with zero attached hydrogens (tertiary/aromatic N) is 3. The molecule has 6 heteroatoms. The van der Waals surface area contributed by atoms with Gasteiger partial charge in [-0.25, -0.2) is 9.78 Å². The summed E-state index contributed by atoms with van der Waals surface area (Å²) >= 11 is 0. The lowest BCUT2D eigenvalue weighted by atomic mass is 10.1. The van der Waals surface area contributed by atoms with Crippen molar-refractivity contribution in [3.05, 3.63) is 95.8 Å². The second-order valence-corrected chi connectivity index (χ2v) is 7.29. The van der Waals surface area contributed by atoms with Crippen molar-refractivity contribution < 1.29 is 4.79 Å². The van der Waals surface area contributed by atoms with E-state index in [4.69, 9.17) is 5.26 Å². The minimum atomic E-state index is -0.170. The third-order valence-electron chi connectivity index (χ3n) is 5.12. The number of amides is 2. The summed E-state index contributed by atoms with van der Waals surface area (Å²) in [4.78, 5) is 22.8. The monoisotopic (exact) mass is 409 g/mol. The zero-order chi connectivity index (χ0) is 21.5. The van der Waals surface area contributed by atoms with Crippen LogP contribution in [0, 0.1) is 11.3 Å². The van der Waals surface area contributed by atoms with E-state index >= 15 is 0 Å². The van der Waals surface area contributed by atoms with E-state index in [0.29, 0.717) is 30.8 Å². The predicted octanol–water partition coefficient (Wildman–Crippen LogP) is 4.75. The summed E-state index contributed by atoms with van der Waals surface area (Å²) in [6.45, 7) is 1.13. The Morgan fingerprint density at radius 1 is 0.935 bits per heavy atom. The van der Waals surface area contributed by atoms with E-state index in [-0.39, 0.29) is 6.03 Å². The molecule has 2 N–H and O–H groups in total. The molecule has 6 nitrogen and oxygen atoms in total. The van der Waals surface area contributed by atoms with Crippen LogP contribution in [0.3, 0.4) is 0 Å². The fraction of sp³-hybridized carbons (Fsp3) is 0.160. The maximum atomic E-state index is 13.0. The molecular formula is C25H23N5O. The highest BCUT2D eigenvalue weighted by molar-refractivity contribution is 5.89. The quantitative estimate of drug-likeness (QED) is 0.462. The largest absolute Gasteiger partial charge is 0.342 e.